The lowest BCUT2D eigenvalue weighted by atomic mass is 10.00. The Morgan fingerprint density at radius 3 is 2.86 bits per heavy atom. The normalized spacial score (nSPS) is 17.7. The fourth-order valence-electron chi connectivity index (χ4n) is 4.08. The molecule has 1 N–H and O–H groups in total. The van der Waals surface area contributed by atoms with Crippen LogP contribution in [0.3, 0.4) is 0 Å². The van der Waals surface area contributed by atoms with Gasteiger partial charge in [0.05, 0.1) is 18.7 Å². The zero-order valence-electron chi connectivity index (χ0n) is 16.8. The number of ether oxygens (including phenoxy) is 1. The Labute approximate surface area is 176 Å². The summed E-state index contributed by atoms with van der Waals surface area (Å²) in [5.41, 5.74) is 1.15. The molecule has 152 valence electrons. The first-order chi connectivity index (χ1) is 14.2. The van der Waals surface area contributed by atoms with Gasteiger partial charge in [-0.2, -0.15) is 0 Å². The van der Waals surface area contributed by atoms with E-state index in [1.807, 2.05) is 12.1 Å². The minimum absolute atomic E-state index is 0.0417. The van der Waals surface area contributed by atoms with Crippen molar-refractivity contribution in [1.82, 2.24) is 10.2 Å². The third-order valence-corrected chi connectivity index (χ3v) is 6.34. The number of nitrogens with zero attached hydrogens (tertiary/aromatic N) is 1. The molecule has 2 atom stereocenters. The Morgan fingerprint density at radius 2 is 2.07 bits per heavy atom. The van der Waals surface area contributed by atoms with E-state index >= 15 is 0 Å². The molecule has 2 heterocycles. The van der Waals surface area contributed by atoms with Crippen LogP contribution in [0, 0.1) is 0 Å². The van der Waals surface area contributed by atoms with E-state index in [4.69, 9.17) is 4.74 Å². The van der Waals surface area contributed by atoms with Gasteiger partial charge in [-0.1, -0.05) is 48.5 Å². The summed E-state index contributed by atoms with van der Waals surface area (Å²) in [5, 5.41) is 7.68. The van der Waals surface area contributed by atoms with E-state index in [-0.39, 0.29) is 18.1 Å². The van der Waals surface area contributed by atoms with Gasteiger partial charge in [0.1, 0.15) is 0 Å². The van der Waals surface area contributed by atoms with Gasteiger partial charge < -0.3 is 10.1 Å². The summed E-state index contributed by atoms with van der Waals surface area (Å²) in [7, 11) is 0. The highest BCUT2D eigenvalue weighted by molar-refractivity contribution is 7.09. The number of benzene rings is 2. The lowest BCUT2D eigenvalue weighted by molar-refractivity contribution is -0.123. The third-order valence-electron chi connectivity index (χ3n) is 5.48. The molecule has 1 aliphatic heterocycles. The number of nitrogens with one attached hydrogen (secondary N) is 1. The van der Waals surface area contributed by atoms with Crippen LogP contribution in [0.1, 0.15) is 36.2 Å². The minimum atomic E-state index is -0.0417. The Morgan fingerprint density at radius 1 is 1.21 bits per heavy atom. The van der Waals surface area contributed by atoms with Crippen LogP contribution in [0.5, 0.6) is 0 Å². The van der Waals surface area contributed by atoms with Crippen molar-refractivity contribution in [3.05, 3.63) is 70.4 Å². The highest BCUT2D eigenvalue weighted by Crippen LogP contribution is 2.24. The predicted octanol–water partition coefficient (Wildman–Crippen LogP) is 4.76. The molecule has 1 saturated heterocycles. The highest BCUT2D eigenvalue weighted by atomic mass is 32.1. The first-order valence-electron chi connectivity index (χ1n) is 10.3. The van der Waals surface area contributed by atoms with Gasteiger partial charge in [-0.05, 0) is 47.5 Å². The molecule has 2 aromatic carbocycles. The molecule has 1 fully saturated rings. The lowest BCUT2D eigenvalue weighted by Crippen LogP contribution is -2.41. The first kappa shape index (κ1) is 20.1. The van der Waals surface area contributed by atoms with Gasteiger partial charge in [-0.3, -0.25) is 9.69 Å². The Bertz CT molecular complexity index is 930. The first-order valence-corrected chi connectivity index (χ1v) is 11.2. The standard InChI is InChI=1S/C24H28N2O2S/c1-18(22-12-4-8-19-7-2-3-11-23(19)22)25-24(27)17-26(15-20-9-5-13-28-20)16-21-10-6-14-29-21/h2-4,6-8,10-12,14,18,20H,5,9,13,15-17H2,1H3,(H,25,27). The molecule has 5 heteroatoms. The van der Waals surface area contributed by atoms with E-state index < -0.39 is 0 Å². The van der Waals surface area contributed by atoms with Gasteiger partial charge in [-0.25, -0.2) is 0 Å². The maximum atomic E-state index is 12.9. The highest BCUT2D eigenvalue weighted by Gasteiger charge is 2.22. The van der Waals surface area contributed by atoms with Crippen LogP contribution in [0.25, 0.3) is 10.8 Å². The number of carbonyl (C=O) groups is 1. The van der Waals surface area contributed by atoms with E-state index in [2.05, 4.69) is 65.0 Å². The molecular weight excluding hydrogens is 380 g/mol. The minimum Gasteiger partial charge on any atom is -0.377 e. The average molecular weight is 409 g/mol. The second kappa shape index (κ2) is 9.53. The fraction of sp³-hybridized carbons (Fsp3) is 0.375. The summed E-state index contributed by atoms with van der Waals surface area (Å²) in [6, 6.07) is 18.7. The molecule has 0 spiro atoms. The van der Waals surface area contributed by atoms with E-state index in [1.54, 1.807) is 11.3 Å². The van der Waals surface area contributed by atoms with Crippen molar-refractivity contribution in [2.75, 3.05) is 19.7 Å². The van der Waals surface area contributed by atoms with Crippen LogP contribution in [-0.4, -0.2) is 36.6 Å². The predicted molar refractivity (Wildman–Crippen MR) is 119 cm³/mol. The zero-order chi connectivity index (χ0) is 20.1. The summed E-state index contributed by atoms with van der Waals surface area (Å²) in [5.74, 6) is 0.0555. The Hall–Kier alpha value is -2.21. The summed E-state index contributed by atoms with van der Waals surface area (Å²) in [6.07, 6.45) is 2.43. The summed E-state index contributed by atoms with van der Waals surface area (Å²) < 4.78 is 5.81. The number of rotatable bonds is 8. The second-order valence-corrected chi connectivity index (χ2v) is 8.77. The number of carbonyl (C=O) groups excluding carboxylic acids is 1. The monoisotopic (exact) mass is 408 g/mol. The molecule has 2 unspecified atom stereocenters. The molecule has 4 nitrogen and oxygen atoms in total. The smallest absolute Gasteiger partial charge is 0.234 e. The van der Waals surface area contributed by atoms with Crippen LogP contribution in [0.2, 0.25) is 0 Å². The van der Waals surface area contributed by atoms with Crippen LogP contribution in [0.4, 0.5) is 0 Å². The Balaban J connectivity index is 1.42. The van der Waals surface area contributed by atoms with E-state index in [0.29, 0.717) is 6.54 Å². The number of amides is 1. The van der Waals surface area contributed by atoms with Crippen molar-refractivity contribution in [2.45, 2.75) is 38.5 Å². The maximum absolute atomic E-state index is 12.9. The largest absolute Gasteiger partial charge is 0.377 e. The van der Waals surface area contributed by atoms with Crippen molar-refractivity contribution in [2.24, 2.45) is 0 Å². The fourth-order valence-corrected chi connectivity index (χ4v) is 4.83. The van der Waals surface area contributed by atoms with E-state index in [0.717, 1.165) is 38.1 Å². The number of thiophene rings is 1. The molecule has 0 bridgehead atoms. The number of fused-ring (bicyclic) bond motifs is 1. The maximum Gasteiger partial charge on any atom is 0.234 e. The van der Waals surface area contributed by atoms with Crippen LogP contribution in [-0.2, 0) is 16.1 Å². The van der Waals surface area contributed by atoms with Gasteiger partial charge in [0, 0.05) is 24.6 Å². The summed E-state index contributed by atoms with van der Waals surface area (Å²) in [4.78, 5) is 16.4. The van der Waals surface area contributed by atoms with Crippen molar-refractivity contribution < 1.29 is 9.53 Å². The molecular formula is C24H28N2O2S. The molecule has 0 radical (unpaired) electrons. The SMILES string of the molecule is CC(NC(=O)CN(Cc1cccs1)CC1CCCO1)c1cccc2ccccc12. The quantitative estimate of drug-likeness (QED) is 0.584. The topological polar surface area (TPSA) is 41.6 Å². The van der Waals surface area contributed by atoms with Crippen LogP contribution in [0.15, 0.2) is 60.0 Å². The van der Waals surface area contributed by atoms with Crippen molar-refractivity contribution in [3.8, 4) is 0 Å². The van der Waals surface area contributed by atoms with Crippen molar-refractivity contribution in [1.29, 1.82) is 0 Å². The molecule has 4 rings (SSSR count). The second-order valence-electron chi connectivity index (χ2n) is 7.74. The molecule has 0 aliphatic carbocycles. The molecule has 1 aromatic heterocycles. The van der Waals surface area contributed by atoms with Crippen molar-refractivity contribution in [3.63, 3.8) is 0 Å². The Kier molecular flexibility index (Phi) is 6.60. The number of hydrogen-bond donors (Lipinski definition) is 1. The van der Waals surface area contributed by atoms with E-state index in [1.165, 1.54) is 15.6 Å². The summed E-state index contributed by atoms with van der Waals surface area (Å²) >= 11 is 1.73. The molecule has 1 aliphatic rings. The van der Waals surface area contributed by atoms with Gasteiger partial charge in [-0.15, -0.1) is 11.3 Å². The average Bonchev–Trinajstić information content (AvgIpc) is 3.41. The van der Waals surface area contributed by atoms with E-state index in [9.17, 15) is 4.79 Å². The molecule has 1 amide bonds. The van der Waals surface area contributed by atoms with Crippen molar-refractivity contribution >= 4 is 28.0 Å². The molecule has 0 saturated carbocycles. The van der Waals surface area contributed by atoms with Gasteiger partial charge in [0.25, 0.3) is 0 Å². The van der Waals surface area contributed by atoms with Gasteiger partial charge >= 0.3 is 0 Å². The molecule has 3 aromatic rings. The third kappa shape index (κ3) is 5.24. The zero-order valence-corrected chi connectivity index (χ0v) is 17.7. The van der Waals surface area contributed by atoms with Gasteiger partial charge in [0.15, 0.2) is 0 Å². The van der Waals surface area contributed by atoms with Crippen LogP contribution >= 0.6 is 11.3 Å². The summed E-state index contributed by atoms with van der Waals surface area (Å²) in [6.45, 7) is 4.86. The molecule has 29 heavy (non-hydrogen) atoms. The lowest BCUT2D eigenvalue weighted by Gasteiger charge is -2.25. The van der Waals surface area contributed by atoms with Gasteiger partial charge in [0.2, 0.25) is 5.91 Å². The van der Waals surface area contributed by atoms with Crippen LogP contribution < -0.4 is 5.32 Å². The number of hydrogen-bond acceptors (Lipinski definition) is 4.